The van der Waals surface area contributed by atoms with Crippen LogP contribution in [-0.2, 0) is 0 Å². The maximum absolute atomic E-state index is 13.1. The summed E-state index contributed by atoms with van der Waals surface area (Å²) in [7, 11) is 0. The van der Waals surface area contributed by atoms with Crippen molar-refractivity contribution in [3.63, 3.8) is 0 Å². The molecule has 1 atom stereocenters. The molecule has 0 radical (unpaired) electrons. The smallest absolute Gasteiger partial charge is 0.259 e. The molecule has 1 aromatic heterocycles. The van der Waals surface area contributed by atoms with Crippen LogP contribution in [0.3, 0.4) is 0 Å². The summed E-state index contributed by atoms with van der Waals surface area (Å²) in [6.45, 7) is 12.3. The number of hydrogen-bond acceptors (Lipinski definition) is 3. The first-order valence-electron chi connectivity index (χ1n) is 10.3. The van der Waals surface area contributed by atoms with E-state index in [2.05, 4.69) is 11.9 Å². The minimum absolute atomic E-state index is 0.0401. The Morgan fingerprint density at radius 3 is 2.39 bits per heavy atom. The Balaban J connectivity index is 2.50. The van der Waals surface area contributed by atoms with E-state index in [1.165, 1.54) is 0 Å². The lowest BCUT2D eigenvalue weighted by molar-refractivity contribution is 0.0776. The summed E-state index contributed by atoms with van der Waals surface area (Å²) in [5, 5.41) is 2.85. The van der Waals surface area contributed by atoms with Crippen LogP contribution in [0.4, 0.5) is 0 Å². The van der Waals surface area contributed by atoms with Crippen molar-refractivity contribution in [3.05, 3.63) is 45.9 Å². The molecule has 1 fully saturated rings. The van der Waals surface area contributed by atoms with Crippen LogP contribution in [0.2, 0.25) is 0 Å². The molecule has 0 spiro atoms. The van der Waals surface area contributed by atoms with Crippen LogP contribution in [0, 0.1) is 0 Å². The molecule has 0 bridgehead atoms. The molecule has 1 heterocycles. The number of hydrogen-bond donors (Lipinski definition) is 1. The molecule has 6 nitrogen and oxygen atoms in total. The Hall–Kier alpha value is -2.37. The molecule has 0 aliphatic heterocycles. The number of aromatic nitrogens is 1. The first-order chi connectivity index (χ1) is 13.3. The molecule has 6 heteroatoms. The molecule has 28 heavy (non-hydrogen) atoms. The predicted molar refractivity (Wildman–Crippen MR) is 112 cm³/mol. The van der Waals surface area contributed by atoms with Crippen molar-refractivity contribution in [1.29, 1.82) is 0 Å². The summed E-state index contributed by atoms with van der Waals surface area (Å²) in [4.78, 5) is 40.5. The van der Waals surface area contributed by atoms with Gasteiger partial charge in [0.05, 0.1) is 0 Å². The molecule has 0 aromatic carbocycles. The second-order valence-electron chi connectivity index (χ2n) is 7.86. The highest BCUT2D eigenvalue weighted by Crippen LogP contribution is 2.29. The number of rotatable bonds is 8. The van der Waals surface area contributed by atoms with E-state index in [1.54, 1.807) is 17.3 Å². The number of nitrogens with zero attached hydrogens (tertiary/aromatic N) is 2. The maximum Gasteiger partial charge on any atom is 0.259 e. The maximum atomic E-state index is 13.1. The molecule has 1 saturated carbocycles. The van der Waals surface area contributed by atoms with E-state index >= 15 is 0 Å². The highest BCUT2D eigenvalue weighted by atomic mass is 16.2. The molecule has 1 aromatic rings. The summed E-state index contributed by atoms with van der Waals surface area (Å²) in [5.41, 5.74) is 0.452. The highest BCUT2D eigenvalue weighted by Gasteiger charge is 2.26. The van der Waals surface area contributed by atoms with Crippen LogP contribution < -0.4 is 10.7 Å². The number of carbonyl (C=O) groups is 2. The van der Waals surface area contributed by atoms with E-state index in [0.29, 0.717) is 13.1 Å². The average molecular weight is 388 g/mol. The summed E-state index contributed by atoms with van der Waals surface area (Å²) >= 11 is 0. The molecular formula is C22H33N3O3. The van der Waals surface area contributed by atoms with E-state index in [4.69, 9.17) is 0 Å². The van der Waals surface area contributed by atoms with Gasteiger partial charge >= 0.3 is 0 Å². The van der Waals surface area contributed by atoms with Crippen LogP contribution in [0.5, 0.6) is 0 Å². The van der Waals surface area contributed by atoms with E-state index in [9.17, 15) is 14.4 Å². The van der Waals surface area contributed by atoms with Gasteiger partial charge in [-0.2, -0.15) is 0 Å². The van der Waals surface area contributed by atoms with Gasteiger partial charge in [-0.1, -0.05) is 31.9 Å². The Kier molecular flexibility index (Phi) is 7.61. The number of likely N-dealkylation sites (N-methyl/N-ethyl adjacent to an activating group) is 1. The van der Waals surface area contributed by atoms with Crippen molar-refractivity contribution < 1.29 is 9.59 Å². The van der Waals surface area contributed by atoms with Crippen LogP contribution in [-0.4, -0.2) is 40.4 Å². The van der Waals surface area contributed by atoms with E-state index in [0.717, 1.165) is 37.7 Å². The van der Waals surface area contributed by atoms with Crippen LogP contribution in [0.1, 0.15) is 86.6 Å². The summed E-state index contributed by atoms with van der Waals surface area (Å²) in [6.07, 6.45) is 8.25. The zero-order valence-electron chi connectivity index (χ0n) is 17.6. The first-order valence-corrected chi connectivity index (χ1v) is 10.3. The lowest BCUT2D eigenvalue weighted by atomic mass is 10.1. The van der Waals surface area contributed by atoms with Crippen molar-refractivity contribution in [2.24, 2.45) is 0 Å². The van der Waals surface area contributed by atoms with Gasteiger partial charge in [0.2, 0.25) is 5.43 Å². The molecule has 154 valence electrons. The molecular weight excluding hydrogens is 354 g/mol. The monoisotopic (exact) mass is 387 g/mol. The Labute approximate surface area is 167 Å². The first kappa shape index (κ1) is 21.9. The molecule has 1 aliphatic carbocycles. The van der Waals surface area contributed by atoms with Crippen molar-refractivity contribution in [2.45, 2.75) is 71.9 Å². The minimum atomic E-state index is -0.500. The lowest BCUT2D eigenvalue weighted by Gasteiger charge is -2.23. The van der Waals surface area contributed by atoms with Gasteiger partial charge < -0.3 is 14.8 Å². The molecule has 1 aliphatic rings. The fourth-order valence-electron chi connectivity index (χ4n) is 3.55. The summed E-state index contributed by atoms with van der Waals surface area (Å²) in [5.74, 6) is -0.760. The number of nitrogens with one attached hydrogen (secondary N) is 1. The van der Waals surface area contributed by atoms with Gasteiger partial charge in [-0.3, -0.25) is 14.4 Å². The molecule has 0 saturated heterocycles. The second kappa shape index (κ2) is 9.71. The average Bonchev–Trinajstić information content (AvgIpc) is 3.20. The van der Waals surface area contributed by atoms with E-state index in [1.807, 2.05) is 32.3 Å². The van der Waals surface area contributed by atoms with Crippen LogP contribution in [0.15, 0.2) is 29.3 Å². The van der Waals surface area contributed by atoms with E-state index in [-0.39, 0.29) is 29.1 Å². The van der Waals surface area contributed by atoms with Gasteiger partial charge in [-0.15, -0.1) is 0 Å². The van der Waals surface area contributed by atoms with Gasteiger partial charge in [0.25, 0.3) is 11.8 Å². The van der Waals surface area contributed by atoms with Gasteiger partial charge in [0, 0.05) is 37.6 Å². The SMILES string of the molecule is C=C(C)CN(CC)C(=O)c1cn(C2CCCC2)cc(C(=O)NC(C)CC)c1=O. The normalized spacial score (nSPS) is 15.3. The van der Waals surface area contributed by atoms with Crippen LogP contribution >= 0.6 is 0 Å². The quantitative estimate of drug-likeness (QED) is 0.694. The van der Waals surface area contributed by atoms with Crippen LogP contribution in [0.25, 0.3) is 0 Å². The largest absolute Gasteiger partial charge is 0.349 e. The third-order valence-electron chi connectivity index (χ3n) is 5.39. The van der Waals surface area contributed by atoms with E-state index < -0.39 is 11.3 Å². The molecule has 2 amide bonds. The van der Waals surface area contributed by atoms with Gasteiger partial charge in [0.1, 0.15) is 11.1 Å². The van der Waals surface area contributed by atoms with Crippen molar-refractivity contribution in [2.75, 3.05) is 13.1 Å². The Morgan fingerprint density at radius 2 is 1.86 bits per heavy atom. The minimum Gasteiger partial charge on any atom is -0.349 e. The molecule has 1 N–H and O–H groups in total. The summed E-state index contributed by atoms with van der Waals surface area (Å²) < 4.78 is 1.90. The van der Waals surface area contributed by atoms with Gasteiger partial charge in [-0.25, -0.2) is 0 Å². The fourth-order valence-corrected chi connectivity index (χ4v) is 3.55. The van der Waals surface area contributed by atoms with Crippen molar-refractivity contribution in [1.82, 2.24) is 14.8 Å². The third kappa shape index (κ3) is 5.12. The fraction of sp³-hybridized carbons (Fsp3) is 0.591. The Bertz CT molecular complexity index is 791. The lowest BCUT2D eigenvalue weighted by Crippen LogP contribution is -2.40. The zero-order chi connectivity index (χ0) is 20.8. The van der Waals surface area contributed by atoms with Gasteiger partial charge in [-0.05, 0) is 40.0 Å². The second-order valence-corrected chi connectivity index (χ2v) is 7.86. The number of carbonyl (C=O) groups excluding carboxylic acids is 2. The van der Waals surface area contributed by atoms with Crippen molar-refractivity contribution >= 4 is 11.8 Å². The molecule has 2 rings (SSSR count). The standard InChI is InChI=1S/C22H33N3O3/c1-6-16(5)23-21(27)18-13-25(17-10-8-9-11-17)14-19(20(18)26)22(28)24(7-2)12-15(3)4/h13-14,16-17H,3,6-12H2,1-2,4-5H3,(H,23,27). The van der Waals surface area contributed by atoms with Crippen molar-refractivity contribution in [3.8, 4) is 0 Å². The number of amides is 2. The molecule has 1 unspecified atom stereocenters. The zero-order valence-corrected chi connectivity index (χ0v) is 17.6. The highest BCUT2D eigenvalue weighted by molar-refractivity contribution is 5.99. The van der Waals surface area contributed by atoms with Gasteiger partial charge in [0.15, 0.2) is 0 Å². The number of pyridine rings is 1. The Morgan fingerprint density at radius 1 is 1.25 bits per heavy atom. The third-order valence-corrected chi connectivity index (χ3v) is 5.39. The summed E-state index contributed by atoms with van der Waals surface area (Å²) in [6, 6.07) is 0.181. The topological polar surface area (TPSA) is 71.4 Å². The predicted octanol–water partition coefficient (Wildman–Crippen LogP) is 3.53.